The van der Waals surface area contributed by atoms with Crippen LogP contribution >= 0.6 is 11.8 Å². The molecule has 0 saturated heterocycles. The molecule has 0 bridgehead atoms. The minimum atomic E-state index is -0.290. The average molecular weight is 434 g/mol. The Balaban J connectivity index is 1.51. The molecule has 0 atom stereocenters. The number of rotatable bonds is 8. The lowest BCUT2D eigenvalue weighted by Gasteiger charge is -2.16. The fourth-order valence-electron chi connectivity index (χ4n) is 3.56. The van der Waals surface area contributed by atoms with Crippen molar-refractivity contribution in [2.24, 2.45) is 0 Å². The average Bonchev–Trinajstić information content (AvgIpc) is 3.34. The van der Waals surface area contributed by atoms with E-state index in [0.717, 1.165) is 28.2 Å². The van der Waals surface area contributed by atoms with Crippen molar-refractivity contribution in [3.63, 3.8) is 0 Å². The van der Waals surface area contributed by atoms with Crippen molar-refractivity contribution in [3.05, 3.63) is 94.3 Å². The topological polar surface area (TPSA) is 59.8 Å². The number of thioether (sulfide) groups is 1. The van der Waals surface area contributed by atoms with E-state index in [4.69, 9.17) is 9.15 Å². The third-order valence-corrected chi connectivity index (χ3v) is 6.00. The Kier molecular flexibility index (Phi) is 6.28. The molecule has 0 fully saturated rings. The molecule has 0 radical (unpaired) electrons. The van der Waals surface area contributed by atoms with Crippen LogP contribution in [0.2, 0.25) is 0 Å². The number of amides is 2. The number of hydrogen-bond donors (Lipinski definition) is 0. The quantitative estimate of drug-likeness (QED) is 0.469. The molecule has 0 N–H and O–H groups in total. The maximum atomic E-state index is 13.2. The van der Waals surface area contributed by atoms with Gasteiger partial charge in [0, 0.05) is 0 Å². The van der Waals surface area contributed by atoms with Crippen molar-refractivity contribution in [2.75, 3.05) is 13.2 Å². The van der Waals surface area contributed by atoms with Gasteiger partial charge in [-0.25, -0.2) is 0 Å². The van der Waals surface area contributed by atoms with E-state index < -0.39 is 0 Å². The van der Waals surface area contributed by atoms with Gasteiger partial charge >= 0.3 is 0 Å². The minimum Gasteiger partial charge on any atom is -0.492 e. The van der Waals surface area contributed by atoms with Crippen LogP contribution in [0.15, 0.2) is 76.2 Å². The molecule has 1 aromatic heterocycles. The van der Waals surface area contributed by atoms with Crippen molar-refractivity contribution < 1.29 is 18.7 Å². The fourth-order valence-corrected chi connectivity index (χ4v) is 4.59. The molecule has 0 saturated carbocycles. The number of carbonyl (C=O) groups is 2. The first-order valence-corrected chi connectivity index (χ1v) is 11.0. The normalized spacial score (nSPS) is 13.9. The number of furan rings is 1. The zero-order valence-electron chi connectivity index (χ0n) is 17.5. The molecule has 2 heterocycles. The summed E-state index contributed by atoms with van der Waals surface area (Å²) < 4.78 is 11.2. The molecule has 2 aromatic carbocycles. The van der Waals surface area contributed by atoms with Crippen molar-refractivity contribution in [3.8, 4) is 5.75 Å². The number of carbonyl (C=O) groups excluding carboxylic acids is 2. The summed E-state index contributed by atoms with van der Waals surface area (Å²) in [5.74, 6) is 1.39. The van der Waals surface area contributed by atoms with Gasteiger partial charge in [0.2, 0.25) is 0 Å². The van der Waals surface area contributed by atoms with E-state index in [1.54, 1.807) is 12.3 Å². The number of hydrogen-bond acceptors (Lipinski definition) is 5. The Morgan fingerprint density at radius 3 is 2.35 bits per heavy atom. The highest BCUT2D eigenvalue weighted by atomic mass is 32.2. The highest BCUT2D eigenvalue weighted by molar-refractivity contribution is 8.03. The largest absolute Gasteiger partial charge is 0.492 e. The first kappa shape index (κ1) is 21.0. The molecule has 31 heavy (non-hydrogen) atoms. The Morgan fingerprint density at radius 2 is 1.68 bits per heavy atom. The van der Waals surface area contributed by atoms with Gasteiger partial charge in [-0.1, -0.05) is 36.4 Å². The van der Waals surface area contributed by atoms with Gasteiger partial charge in [0.1, 0.15) is 18.1 Å². The molecule has 158 valence electrons. The number of ether oxygens (including phenoxy) is 1. The lowest BCUT2D eigenvalue weighted by atomic mass is 10.1. The molecular formula is C25H23NO4S. The van der Waals surface area contributed by atoms with E-state index in [1.165, 1.54) is 16.7 Å². The summed E-state index contributed by atoms with van der Waals surface area (Å²) in [7, 11) is 0. The van der Waals surface area contributed by atoms with E-state index >= 15 is 0 Å². The number of aryl methyl sites for hydroxylation is 2. The van der Waals surface area contributed by atoms with Crippen LogP contribution in [0, 0.1) is 13.8 Å². The standard InChI is InChI=1S/C25H23NO4S/c1-17-13-18(2)15-21(14-17)30-12-10-26-24(27)22(19-7-4-3-5-8-19)23(25(26)28)31-16-20-9-6-11-29-20/h3-9,11,13-15H,10,12,16H2,1-2H3. The summed E-state index contributed by atoms with van der Waals surface area (Å²) in [6.07, 6.45) is 1.60. The van der Waals surface area contributed by atoms with Gasteiger partial charge in [0.15, 0.2) is 0 Å². The predicted octanol–water partition coefficient (Wildman–Crippen LogP) is 4.99. The van der Waals surface area contributed by atoms with E-state index in [2.05, 4.69) is 6.07 Å². The van der Waals surface area contributed by atoms with Crippen molar-refractivity contribution >= 4 is 29.1 Å². The Hall–Kier alpha value is -3.25. The summed E-state index contributed by atoms with van der Waals surface area (Å²) in [6.45, 7) is 4.43. The first-order valence-electron chi connectivity index (χ1n) is 10.0. The predicted molar refractivity (Wildman–Crippen MR) is 121 cm³/mol. The molecule has 4 rings (SSSR count). The van der Waals surface area contributed by atoms with Crippen LogP contribution in [0.5, 0.6) is 5.75 Å². The highest BCUT2D eigenvalue weighted by Crippen LogP contribution is 2.37. The molecule has 3 aromatic rings. The second kappa shape index (κ2) is 9.27. The van der Waals surface area contributed by atoms with Crippen LogP contribution in [0.3, 0.4) is 0 Å². The van der Waals surface area contributed by atoms with Crippen LogP contribution < -0.4 is 4.74 Å². The van der Waals surface area contributed by atoms with Gasteiger partial charge in [0.05, 0.1) is 29.0 Å². The van der Waals surface area contributed by atoms with Gasteiger partial charge in [-0.05, 0) is 54.8 Å². The highest BCUT2D eigenvalue weighted by Gasteiger charge is 2.39. The number of imide groups is 1. The smallest absolute Gasteiger partial charge is 0.268 e. The van der Waals surface area contributed by atoms with Gasteiger partial charge in [-0.2, -0.15) is 0 Å². The summed E-state index contributed by atoms with van der Waals surface area (Å²) in [4.78, 5) is 28.1. The lowest BCUT2D eigenvalue weighted by Crippen LogP contribution is -2.35. The van der Waals surface area contributed by atoms with E-state index in [-0.39, 0.29) is 25.0 Å². The summed E-state index contributed by atoms with van der Waals surface area (Å²) in [5, 5.41) is 0. The molecule has 0 spiro atoms. The molecule has 0 aliphatic carbocycles. The monoisotopic (exact) mass is 433 g/mol. The molecule has 2 amide bonds. The minimum absolute atomic E-state index is 0.186. The van der Waals surface area contributed by atoms with Gasteiger partial charge in [-0.15, -0.1) is 11.8 Å². The van der Waals surface area contributed by atoms with Crippen molar-refractivity contribution in [2.45, 2.75) is 19.6 Å². The maximum Gasteiger partial charge on any atom is 0.268 e. The lowest BCUT2D eigenvalue weighted by molar-refractivity contribution is -0.136. The number of nitrogens with zero attached hydrogens (tertiary/aromatic N) is 1. The zero-order chi connectivity index (χ0) is 21.8. The summed E-state index contributed by atoms with van der Waals surface area (Å²) in [6, 6.07) is 18.9. The third kappa shape index (κ3) is 4.75. The van der Waals surface area contributed by atoms with E-state index in [1.807, 2.05) is 62.4 Å². The van der Waals surface area contributed by atoms with Gasteiger partial charge in [-0.3, -0.25) is 14.5 Å². The molecule has 1 aliphatic rings. The van der Waals surface area contributed by atoms with Crippen LogP contribution in [-0.4, -0.2) is 29.9 Å². The second-order valence-corrected chi connectivity index (χ2v) is 8.36. The molecule has 0 unspecified atom stereocenters. The van der Waals surface area contributed by atoms with Crippen LogP contribution in [0.1, 0.15) is 22.5 Å². The van der Waals surface area contributed by atoms with Crippen LogP contribution in [-0.2, 0) is 15.3 Å². The van der Waals surface area contributed by atoms with Gasteiger partial charge in [0.25, 0.3) is 11.8 Å². The van der Waals surface area contributed by atoms with E-state index in [9.17, 15) is 9.59 Å². The van der Waals surface area contributed by atoms with Crippen molar-refractivity contribution in [1.29, 1.82) is 0 Å². The second-order valence-electron chi connectivity index (χ2n) is 7.37. The van der Waals surface area contributed by atoms with Crippen LogP contribution in [0.4, 0.5) is 0 Å². The summed E-state index contributed by atoms with van der Waals surface area (Å²) >= 11 is 1.33. The SMILES string of the molecule is Cc1cc(C)cc(OCCN2C(=O)C(SCc3ccco3)=C(c3ccccc3)C2=O)c1. The first-order chi connectivity index (χ1) is 15.0. The fraction of sp³-hybridized carbons (Fsp3) is 0.200. The molecule has 5 nitrogen and oxygen atoms in total. The molecule has 1 aliphatic heterocycles. The third-order valence-electron chi connectivity index (χ3n) is 4.91. The Bertz CT molecular complexity index is 1100. The van der Waals surface area contributed by atoms with Crippen LogP contribution in [0.25, 0.3) is 5.57 Å². The van der Waals surface area contributed by atoms with Gasteiger partial charge < -0.3 is 9.15 Å². The maximum absolute atomic E-state index is 13.2. The van der Waals surface area contributed by atoms with Crippen molar-refractivity contribution in [1.82, 2.24) is 4.90 Å². The van der Waals surface area contributed by atoms with E-state index in [0.29, 0.717) is 16.2 Å². The molecule has 6 heteroatoms. The zero-order valence-corrected chi connectivity index (χ0v) is 18.3. The number of benzene rings is 2. The Morgan fingerprint density at radius 1 is 0.935 bits per heavy atom. The molecular weight excluding hydrogens is 410 g/mol. The summed E-state index contributed by atoms with van der Waals surface area (Å²) in [5.41, 5.74) is 3.38. The Labute approximate surface area is 185 Å².